The van der Waals surface area contributed by atoms with E-state index in [1.165, 1.54) is 24.3 Å². The van der Waals surface area contributed by atoms with Gasteiger partial charge in [0.05, 0.1) is 6.04 Å². The molecule has 0 bridgehead atoms. The van der Waals surface area contributed by atoms with Gasteiger partial charge in [0.25, 0.3) is 13.3 Å². The number of benzene rings is 3. The molecule has 1 saturated heterocycles. The van der Waals surface area contributed by atoms with E-state index in [4.69, 9.17) is 4.52 Å². The van der Waals surface area contributed by atoms with Gasteiger partial charge in [0.2, 0.25) is 11.8 Å². The van der Waals surface area contributed by atoms with E-state index < -0.39 is 55.4 Å². The number of fused-ring (bicyclic) bond motifs is 1. The van der Waals surface area contributed by atoms with Gasteiger partial charge in [0.15, 0.2) is 5.78 Å². The first-order valence-corrected chi connectivity index (χ1v) is 17.2. The molecule has 3 amide bonds. The number of aromatic amines is 1. The third kappa shape index (κ3) is 8.22. The Bertz CT molecular complexity index is 1750. The van der Waals surface area contributed by atoms with Gasteiger partial charge < -0.3 is 25.5 Å². The zero-order valence-corrected chi connectivity index (χ0v) is 27.1. The molecule has 5 rings (SSSR count). The molecule has 12 heteroatoms. The molecule has 1 fully saturated rings. The highest BCUT2D eigenvalue weighted by Gasteiger charge is 2.36. The third-order valence-electron chi connectivity index (χ3n) is 8.13. The molecule has 1 aliphatic heterocycles. The van der Waals surface area contributed by atoms with E-state index in [9.17, 15) is 28.1 Å². The number of hydrogen-bond donors (Lipinski definition) is 4. The van der Waals surface area contributed by atoms with Crippen molar-refractivity contribution in [2.45, 2.75) is 45.2 Å². The Morgan fingerprint density at radius 2 is 1.60 bits per heavy atom. The topological polar surface area (TPSA) is 146 Å². The fourth-order valence-corrected chi connectivity index (χ4v) is 7.70. The number of hydrogen-bond acceptors (Lipinski definition) is 6. The maximum absolute atomic E-state index is 14.3. The fourth-order valence-electron chi connectivity index (χ4n) is 5.66. The minimum absolute atomic E-state index is 0.0106. The lowest BCUT2D eigenvalue weighted by Crippen LogP contribution is -2.53. The predicted molar refractivity (Wildman–Crippen MR) is 177 cm³/mol. The quantitative estimate of drug-likeness (QED) is 0.151. The van der Waals surface area contributed by atoms with Crippen LogP contribution in [0.5, 0.6) is 0 Å². The Kier molecular flexibility index (Phi) is 10.7. The number of halogens is 1. The second kappa shape index (κ2) is 14.9. The van der Waals surface area contributed by atoms with Crippen LogP contribution in [0.1, 0.15) is 43.6 Å². The SMILES string of the molecule is CC(C)C[C@H](NC(=O)c1cc2cc(F)ccc2[nH]1)C(=O)N[C@@H](C[C@@H]1CCNC1=O)C(=O)COP(=O)(c1ccccc1)c1ccccc1. The smallest absolute Gasteiger partial charge is 0.268 e. The maximum atomic E-state index is 14.3. The highest BCUT2D eigenvalue weighted by molar-refractivity contribution is 7.74. The Morgan fingerprint density at radius 3 is 2.19 bits per heavy atom. The van der Waals surface area contributed by atoms with Crippen LogP contribution in [-0.4, -0.2) is 53.7 Å². The predicted octanol–water partition coefficient (Wildman–Crippen LogP) is 3.98. The summed E-state index contributed by atoms with van der Waals surface area (Å²) in [5, 5.41) is 9.58. The van der Waals surface area contributed by atoms with Gasteiger partial charge in [0.1, 0.15) is 24.2 Å². The van der Waals surface area contributed by atoms with Gasteiger partial charge in [-0.1, -0.05) is 50.2 Å². The molecule has 2 heterocycles. The van der Waals surface area contributed by atoms with Gasteiger partial charge in [-0.2, -0.15) is 0 Å². The largest absolute Gasteiger partial charge is 0.356 e. The van der Waals surface area contributed by atoms with Crippen LogP contribution >= 0.6 is 7.37 Å². The highest BCUT2D eigenvalue weighted by atomic mass is 31.2. The molecule has 1 aromatic heterocycles. The molecule has 0 saturated carbocycles. The lowest BCUT2D eigenvalue weighted by atomic mass is 9.95. The second-order valence-electron chi connectivity index (χ2n) is 12.1. The minimum Gasteiger partial charge on any atom is -0.356 e. The number of carbonyl (C=O) groups is 4. The molecule has 0 spiro atoms. The molecule has 0 aliphatic carbocycles. The van der Waals surface area contributed by atoms with Crippen LogP contribution in [0.3, 0.4) is 0 Å². The van der Waals surface area contributed by atoms with E-state index in [0.717, 1.165) is 0 Å². The van der Waals surface area contributed by atoms with Crippen molar-refractivity contribution in [2.75, 3.05) is 13.2 Å². The van der Waals surface area contributed by atoms with E-state index in [2.05, 4.69) is 20.9 Å². The normalized spacial score (nSPS) is 16.1. The Balaban J connectivity index is 1.35. The number of Topliss-reactive ketones (excluding diaryl/α,β-unsaturated/α-hetero) is 1. The average Bonchev–Trinajstić information content (AvgIpc) is 3.68. The van der Waals surface area contributed by atoms with Crippen LogP contribution in [-0.2, 0) is 23.5 Å². The average molecular weight is 661 g/mol. The molecule has 10 nitrogen and oxygen atoms in total. The summed E-state index contributed by atoms with van der Waals surface area (Å²) in [7, 11) is -3.70. The molecule has 3 atom stereocenters. The van der Waals surface area contributed by atoms with Crippen molar-refractivity contribution in [1.29, 1.82) is 0 Å². The van der Waals surface area contributed by atoms with E-state index in [1.54, 1.807) is 60.7 Å². The van der Waals surface area contributed by atoms with Gasteiger partial charge in [-0.05, 0) is 73.7 Å². The van der Waals surface area contributed by atoms with Gasteiger partial charge in [-0.25, -0.2) is 4.39 Å². The Hall–Kier alpha value is -4.60. The molecule has 1 aliphatic rings. The fraction of sp³-hybridized carbons (Fsp3) is 0.314. The molecule has 3 aromatic carbocycles. The number of aromatic nitrogens is 1. The summed E-state index contributed by atoms with van der Waals surface area (Å²) in [5.41, 5.74) is 0.707. The number of H-pyrrole nitrogens is 1. The number of nitrogens with one attached hydrogen (secondary N) is 4. The first-order valence-electron chi connectivity index (χ1n) is 15.6. The van der Waals surface area contributed by atoms with E-state index in [-0.39, 0.29) is 30.4 Å². The lowest BCUT2D eigenvalue weighted by molar-refractivity contribution is -0.131. The van der Waals surface area contributed by atoms with Gasteiger partial charge in [-0.15, -0.1) is 0 Å². The summed E-state index contributed by atoms with van der Waals surface area (Å²) >= 11 is 0. The van der Waals surface area contributed by atoms with Crippen LogP contribution in [0.4, 0.5) is 4.39 Å². The first-order chi connectivity index (χ1) is 22.5. The first kappa shape index (κ1) is 33.8. The summed E-state index contributed by atoms with van der Waals surface area (Å²) in [6, 6.07) is 20.6. The number of carbonyl (C=O) groups excluding carboxylic acids is 4. The Labute approximate surface area is 272 Å². The van der Waals surface area contributed by atoms with Crippen molar-refractivity contribution in [3.05, 3.63) is 96.4 Å². The monoisotopic (exact) mass is 660 g/mol. The van der Waals surface area contributed by atoms with E-state index in [1.807, 2.05) is 13.8 Å². The van der Waals surface area contributed by atoms with Gasteiger partial charge in [-0.3, -0.25) is 23.7 Å². The molecule has 4 aromatic rings. The summed E-state index contributed by atoms with van der Waals surface area (Å²) < 4.78 is 34.0. The zero-order chi connectivity index (χ0) is 33.6. The van der Waals surface area contributed by atoms with Crippen LogP contribution in [0.2, 0.25) is 0 Å². The third-order valence-corrected chi connectivity index (χ3v) is 10.6. The minimum atomic E-state index is -3.70. The van der Waals surface area contributed by atoms with Crippen LogP contribution < -0.4 is 26.6 Å². The van der Waals surface area contributed by atoms with Crippen molar-refractivity contribution in [1.82, 2.24) is 20.9 Å². The summed E-state index contributed by atoms with van der Waals surface area (Å²) in [4.78, 5) is 56.2. The maximum Gasteiger partial charge on any atom is 0.268 e. The molecular weight excluding hydrogens is 622 g/mol. The zero-order valence-electron chi connectivity index (χ0n) is 26.2. The molecule has 47 heavy (non-hydrogen) atoms. The van der Waals surface area contributed by atoms with Gasteiger partial charge >= 0.3 is 0 Å². The van der Waals surface area contributed by atoms with Crippen molar-refractivity contribution in [2.24, 2.45) is 11.8 Å². The van der Waals surface area contributed by atoms with Crippen LogP contribution in [0, 0.1) is 17.7 Å². The standard InChI is InChI=1S/C35H38FN4O6P/c1-22(2)17-30(40-35(44)31-20-24-18-25(36)13-14-28(24)38-31)34(43)39-29(19-23-15-16-37-33(23)42)32(41)21-46-47(45,26-9-5-3-6-10-26)27-11-7-4-8-12-27/h3-14,18,20,22-23,29-30,38H,15-17,19,21H2,1-2H3,(H,37,42)(H,39,43)(H,40,44)/t23-,29-,30-/m0/s1. The molecule has 246 valence electrons. The molecule has 4 N–H and O–H groups in total. The molecule has 0 radical (unpaired) electrons. The van der Waals surface area contributed by atoms with Crippen LogP contribution in [0.25, 0.3) is 10.9 Å². The highest BCUT2D eigenvalue weighted by Crippen LogP contribution is 2.44. The summed E-state index contributed by atoms with van der Waals surface area (Å²) in [5.74, 6) is -2.94. The van der Waals surface area contributed by atoms with Crippen molar-refractivity contribution >= 4 is 52.4 Å². The Morgan fingerprint density at radius 1 is 0.936 bits per heavy atom. The van der Waals surface area contributed by atoms with E-state index >= 15 is 0 Å². The summed E-state index contributed by atoms with van der Waals surface area (Å²) in [6.07, 6.45) is 0.751. The van der Waals surface area contributed by atoms with E-state index in [0.29, 0.717) is 34.5 Å². The number of amides is 3. The molecular formula is C35H38FN4O6P. The lowest BCUT2D eigenvalue weighted by Gasteiger charge is -2.26. The number of ketones is 1. The number of rotatable bonds is 14. The van der Waals surface area contributed by atoms with Gasteiger partial charge in [0, 0.05) is 34.0 Å². The molecule has 0 unspecified atom stereocenters. The summed E-state index contributed by atoms with van der Waals surface area (Å²) in [6.45, 7) is 3.64. The second-order valence-corrected chi connectivity index (χ2v) is 14.5. The van der Waals surface area contributed by atoms with Crippen molar-refractivity contribution in [3.63, 3.8) is 0 Å². The van der Waals surface area contributed by atoms with Crippen molar-refractivity contribution in [3.8, 4) is 0 Å². The van der Waals surface area contributed by atoms with Crippen molar-refractivity contribution < 1.29 is 32.7 Å². The van der Waals surface area contributed by atoms with Crippen LogP contribution in [0.15, 0.2) is 84.9 Å².